The molecule has 1 aromatic heterocycles. The van der Waals surface area contributed by atoms with Crippen molar-refractivity contribution >= 4 is 17.5 Å². The molecule has 4 saturated carbocycles. The van der Waals surface area contributed by atoms with Crippen molar-refractivity contribution in [2.45, 2.75) is 63.0 Å². The van der Waals surface area contributed by atoms with Gasteiger partial charge in [0.15, 0.2) is 5.78 Å². The number of aliphatic hydroxyl groups is 1. The number of Topliss-reactive ketones (excluding diaryl/α,β-unsaturated/α-hetero) is 1. The first-order valence-electron chi connectivity index (χ1n) is 9.15. The molecule has 4 bridgehead atoms. The van der Waals surface area contributed by atoms with Gasteiger partial charge in [-0.25, -0.2) is 0 Å². The summed E-state index contributed by atoms with van der Waals surface area (Å²) in [5, 5.41) is 14.8. The Morgan fingerprint density at radius 3 is 2.71 bits per heavy atom. The third-order valence-electron chi connectivity index (χ3n) is 6.59. The smallest absolute Gasteiger partial charge is 0.163 e. The Morgan fingerprint density at radius 1 is 1.29 bits per heavy atom. The Morgan fingerprint density at radius 2 is 2.04 bits per heavy atom. The Hall–Kier alpha value is -1.68. The topological polar surface area (TPSA) is 62.2 Å². The van der Waals surface area contributed by atoms with Crippen LogP contribution in [0, 0.1) is 11.8 Å². The van der Waals surface area contributed by atoms with E-state index in [2.05, 4.69) is 22.5 Å². The first-order chi connectivity index (χ1) is 11.5. The maximum atomic E-state index is 12.2. The van der Waals surface area contributed by atoms with E-state index in [1.54, 1.807) is 13.1 Å². The Bertz CT molecular complexity index is 753. The molecule has 0 aromatic carbocycles. The van der Waals surface area contributed by atoms with Gasteiger partial charge in [-0.3, -0.25) is 9.78 Å². The van der Waals surface area contributed by atoms with E-state index in [1.165, 1.54) is 6.42 Å². The van der Waals surface area contributed by atoms with Gasteiger partial charge in [-0.2, -0.15) is 0 Å². The van der Waals surface area contributed by atoms with Crippen molar-refractivity contribution in [1.82, 2.24) is 4.98 Å². The van der Waals surface area contributed by atoms with Crippen molar-refractivity contribution in [2.24, 2.45) is 11.8 Å². The Labute approximate surface area is 142 Å². The summed E-state index contributed by atoms with van der Waals surface area (Å²) in [7, 11) is 0. The molecule has 126 valence electrons. The number of anilines is 1. The average molecular weight is 324 g/mol. The van der Waals surface area contributed by atoms with E-state index in [0.29, 0.717) is 17.4 Å². The average Bonchev–Trinajstić information content (AvgIpc) is 2.93. The fourth-order valence-electron chi connectivity index (χ4n) is 6.22. The molecular formula is C20H24N2O2. The Kier molecular flexibility index (Phi) is 2.86. The fraction of sp³-hybridized carbons (Fsp3) is 0.600. The second-order valence-electron chi connectivity index (χ2n) is 8.66. The molecule has 3 unspecified atom stereocenters. The molecule has 4 atom stereocenters. The van der Waals surface area contributed by atoms with E-state index in [4.69, 9.17) is 0 Å². The normalized spacial score (nSPS) is 38.4. The molecule has 1 heterocycles. The highest BCUT2D eigenvalue weighted by Gasteiger charge is 2.57. The lowest BCUT2D eigenvalue weighted by molar-refractivity contribution is -0.127. The highest BCUT2D eigenvalue weighted by molar-refractivity contribution is 6.01. The predicted molar refractivity (Wildman–Crippen MR) is 93.0 cm³/mol. The van der Waals surface area contributed by atoms with E-state index < -0.39 is 5.60 Å². The predicted octanol–water partition coefficient (Wildman–Crippen LogP) is 3.35. The molecule has 4 fully saturated rings. The van der Waals surface area contributed by atoms with Crippen molar-refractivity contribution in [3.63, 3.8) is 0 Å². The van der Waals surface area contributed by atoms with Gasteiger partial charge in [-0.15, -0.1) is 0 Å². The highest BCUT2D eigenvalue weighted by Crippen LogP contribution is 2.58. The number of hydrogen-bond donors (Lipinski definition) is 2. The molecular weight excluding hydrogens is 300 g/mol. The SMILES string of the molecule is CC(=O)c1cnc2c(c1NC13CC4C[C@H](CC(O)(C4)C1)C3)C=CC2. The number of aromatic nitrogens is 1. The number of pyridine rings is 1. The van der Waals surface area contributed by atoms with Crippen LogP contribution in [0.5, 0.6) is 0 Å². The minimum atomic E-state index is -0.500. The summed E-state index contributed by atoms with van der Waals surface area (Å²) < 4.78 is 0. The highest BCUT2D eigenvalue weighted by atomic mass is 16.3. The van der Waals surface area contributed by atoms with E-state index >= 15 is 0 Å². The zero-order valence-corrected chi connectivity index (χ0v) is 14.1. The van der Waals surface area contributed by atoms with Crippen LogP contribution in [0.4, 0.5) is 5.69 Å². The van der Waals surface area contributed by atoms with Gasteiger partial charge >= 0.3 is 0 Å². The quantitative estimate of drug-likeness (QED) is 0.837. The maximum Gasteiger partial charge on any atom is 0.163 e. The number of ketones is 1. The zero-order chi connectivity index (χ0) is 16.5. The summed E-state index contributed by atoms with van der Waals surface area (Å²) in [5.41, 5.74) is 3.19. The van der Waals surface area contributed by atoms with Crippen molar-refractivity contribution < 1.29 is 9.90 Å². The van der Waals surface area contributed by atoms with Crippen LogP contribution >= 0.6 is 0 Å². The van der Waals surface area contributed by atoms with Gasteiger partial charge in [-0.05, 0) is 57.3 Å². The van der Waals surface area contributed by atoms with Crippen LogP contribution in [0.15, 0.2) is 12.3 Å². The number of nitrogens with zero attached hydrogens (tertiary/aromatic N) is 1. The minimum absolute atomic E-state index is 0.0524. The van der Waals surface area contributed by atoms with E-state index in [9.17, 15) is 9.90 Å². The summed E-state index contributed by atoms with van der Waals surface area (Å²) in [6.07, 6.45) is 13.0. The number of carbonyl (C=O) groups excluding carboxylic acids is 1. The second-order valence-corrected chi connectivity index (χ2v) is 8.66. The van der Waals surface area contributed by atoms with Gasteiger partial charge in [-0.1, -0.05) is 12.2 Å². The number of allylic oxidation sites excluding steroid dienone is 1. The molecule has 0 amide bonds. The molecule has 2 N–H and O–H groups in total. The maximum absolute atomic E-state index is 12.2. The first kappa shape index (κ1) is 14.6. The van der Waals surface area contributed by atoms with Gasteiger partial charge in [0.2, 0.25) is 0 Å². The molecule has 5 aliphatic carbocycles. The van der Waals surface area contributed by atoms with Crippen LogP contribution < -0.4 is 5.32 Å². The molecule has 0 saturated heterocycles. The van der Waals surface area contributed by atoms with Crippen molar-refractivity contribution in [2.75, 3.05) is 5.32 Å². The standard InChI is InChI=1S/C20H24N2O2/c1-12(23)16-10-21-17-4-2-3-15(17)18(16)22-19-6-13-5-14(7-19)9-20(24,8-13)11-19/h2-3,10,13-14,24H,4-9,11H2,1H3,(H,21,22)/t13-,14?,19?,20?/m0/s1. The molecule has 1 aromatic rings. The van der Waals surface area contributed by atoms with Gasteiger partial charge in [0.1, 0.15) is 0 Å². The number of hydrogen-bond acceptors (Lipinski definition) is 4. The molecule has 6 rings (SSSR count). The van der Waals surface area contributed by atoms with E-state index in [0.717, 1.165) is 55.5 Å². The number of fused-ring (bicyclic) bond motifs is 1. The Balaban J connectivity index is 1.58. The summed E-state index contributed by atoms with van der Waals surface area (Å²) in [4.78, 5) is 16.6. The zero-order valence-electron chi connectivity index (χ0n) is 14.1. The molecule has 4 nitrogen and oxygen atoms in total. The number of carbonyl (C=O) groups is 1. The van der Waals surface area contributed by atoms with Gasteiger partial charge in [0, 0.05) is 23.7 Å². The lowest BCUT2D eigenvalue weighted by Crippen LogP contribution is -2.62. The molecule has 0 aliphatic heterocycles. The van der Waals surface area contributed by atoms with E-state index in [-0.39, 0.29) is 11.3 Å². The van der Waals surface area contributed by atoms with Gasteiger partial charge in [0.05, 0.1) is 22.5 Å². The van der Waals surface area contributed by atoms with Crippen LogP contribution in [0.1, 0.15) is 67.1 Å². The largest absolute Gasteiger partial charge is 0.390 e. The molecule has 4 heteroatoms. The molecule has 0 radical (unpaired) electrons. The van der Waals surface area contributed by atoms with Crippen molar-refractivity contribution in [3.05, 3.63) is 29.1 Å². The third kappa shape index (κ3) is 2.08. The monoisotopic (exact) mass is 324 g/mol. The van der Waals surface area contributed by atoms with Crippen molar-refractivity contribution in [1.29, 1.82) is 0 Å². The third-order valence-corrected chi connectivity index (χ3v) is 6.59. The van der Waals surface area contributed by atoms with Gasteiger partial charge < -0.3 is 10.4 Å². The number of rotatable bonds is 3. The summed E-state index contributed by atoms with van der Waals surface area (Å²) >= 11 is 0. The van der Waals surface area contributed by atoms with Crippen LogP contribution in [0.25, 0.3) is 6.08 Å². The first-order valence-corrected chi connectivity index (χ1v) is 9.15. The fourth-order valence-corrected chi connectivity index (χ4v) is 6.22. The molecule has 24 heavy (non-hydrogen) atoms. The van der Waals surface area contributed by atoms with Crippen LogP contribution in [0.3, 0.4) is 0 Å². The summed E-state index contributed by atoms with van der Waals surface area (Å²) in [6, 6.07) is 0. The second kappa shape index (κ2) is 4.69. The van der Waals surface area contributed by atoms with Gasteiger partial charge in [0.25, 0.3) is 0 Å². The molecule has 5 aliphatic rings. The van der Waals surface area contributed by atoms with Crippen LogP contribution in [-0.4, -0.2) is 27.0 Å². The lowest BCUT2D eigenvalue weighted by Gasteiger charge is -2.60. The summed E-state index contributed by atoms with van der Waals surface area (Å²) in [6.45, 7) is 1.61. The summed E-state index contributed by atoms with van der Waals surface area (Å²) in [5.74, 6) is 1.29. The van der Waals surface area contributed by atoms with Crippen molar-refractivity contribution in [3.8, 4) is 0 Å². The lowest BCUT2D eigenvalue weighted by atomic mass is 9.51. The van der Waals surface area contributed by atoms with Crippen LogP contribution in [0.2, 0.25) is 0 Å². The minimum Gasteiger partial charge on any atom is -0.390 e. The molecule has 0 spiro atoms. The van der Waals surface area contributed by atoms with Crippen LogP contribution in [-0.2, 0) is 6.42 Å². The van der Waals surface area contributed by atoms with E-state index in [1.807, 2.05) is 0 Å². The number of nitrogens with one attached hydrogen (secondary N) is 1.